The summed E-state index contributed by atoms with van der Waals surface area (Å²) in [5.74, 6) is 0.689. The molecule has 0 bridgehead atoms. The molecular weight excluding hydrogens is 214 g/mol. The van der Waals surface area contributed by atoms with Gasteiger partial charge < -0.3 is 15.4 Å². The lowest BCUT2D eigenvalue weighted by Gasteiger charge is -2.32. The van der Waals surface area contributed by atoms with Crippen LogP contribution in [0, 0.1) is 0 Å². The monoisotopic (exact) mass is 235 g/mol. The van der Waals surface area contributed by atoms with E-state index >= 15 is 0 Å². The first-order chi connectivity index (χ1) is 8.31. The summed E-state index contributed by atoms with van der Waals surface area (Å²) in [6.07, 6.45) is 5.55. The van der Waals surface area contributed by atoms with E-state index in [1.807, 2.05) is 12.1 Å². The third-order valence-corrected chi connectivity index (χ3v) is 3.40. The molecule has 1 atom stereocenters. The molecule has 0 aliphatic carbocycles. The van der Waals surface area contributed by atoms with Crippen LogP contribution in [0.25, 0.3) is 0 Å². The van der Waals surface area contributed by atoms with E-state index in [9.17, 15) is 0 Å². The molecule has 1 fully saturated rings. The van der Waals surface area contributed by atoms with Crippen LogP contribution in [-0.4, -0.2) is 36.1 Å². The molecule has 1 aliphatic rings. The highest BCUT2D eigenvalue weighted by Crippen LogP contribution is 2.18. The summed E-state index contributed by atoms with van der Waals surface area (Å²) < 4.78 is 5.81. The van der Waals surface area contributed by atoms with E-state index in [0.717, 1.165) is 5.56 Å². The molecule has 4 nitrogen and oxygen atoms in total. The fraction of sp³-hybridized carbons (Fsp3) is 0.615. The minimum Gasteiger partial charge on any atom is -0.476 e. The van der Waals surface area contributed by atoms with Crippen LogP contribution in [0.4, 0.5) is 0 Å². The highest BCUT2D eigenvalue weighted by atomic mass is 16.5. The number of likely N-dealkylation sites (tertiary alicyclic amines) is 1. The quantitative estimate of drug-likeness (QED) is 0.857. The van der Waals surface area contributed by atoms with Gasteiger partial charge in [-0.05, 0) is 32.5 Å². The van der Waals surface area contributed by atoms with Crippen molar-refractivity contribution < 1.29 is 4.74 Å². The van der Waals surface area contributed by atoms with Gasteiger partial charge in [0.25, 0.3) is 0 Å². The second kappa shape index (κ2) is 5.98. The molecule has 2 rings (SSSR count). The number of hydrogen-bond acceptors (Lipinski definition) is 4. The van der Waals surface area contributed by atoms with Crippen molar-refractivity contribution in [1.29, 1.82) is 0 Å². The Morgan fingerprint density at radius 2 is 2.41 bits per heavy atom. The predicted molar refractivity (Wildman–Crippen MR) is 67.9 cm³/mol. The molecule has 2 heterocycles. The van der Waals surface area contributed by atoms with Gasteiger partial charge in [-0.1, -0.05) is 12.5 Å². The van der Waals surface area contributed by atoms with Gasteiger partial charge in [0.1, 0.15) is 6.61 Å². The molecule has 0 radical (unpaired) electrons. The van der Waals surface area contributed by atoms with E-state index in [-0.39, 0.29) is 0 Å². The summed E-state index contributed by atoms with van der Waals surface area (Å²) in [7, 11) is 2.16. The maximum absolute atomic E-state index is 5.81. The summed E-state index contributed by atoms with van der Waals surface area (Å²) >= 11 is 0. The highest BCUT2D eigenvalue weighted by molar-refractivity contribution is 5.24. The van der Waals surface area contributed by atoms with Crippen LogP contribution in [0.15, 0.2) is 18.3 Å². The number of hydrogen-bond donors (Lipinski definition) is 1. The smallest absolute Gasteiger partial charge is 0.217 e. The first-order valence-corrected chi connectivity index (χ1v) is 6.28. The Kier molecular flexibility index (Phi) is 4.34. The zero-order chi connectivity index (χ0) is 12.1. The van der Waals surface area contributed by atoms with Gasteiger partial charge in [0.2, 0.25) is 5.88 Å². The molecule has 1 saturated heterocycles. The fourth-order valence-corrected chi connectivity index (χ4v) is 2.24. The minimum atomic E-state index is 0.476. The van der Waals surface area contributed by atoms with E-state index in [2.05, 4.69) is 16.9 Å². The molecule has 2 N–H and O–H groups in total. The highest BCUT2D eigenvalue weighted by Gasteiger charge is 2.19. The van der Waals surface area contributed by atoms with Crippen LogP contribution in [0.3, 0.4) is 0 Å². The normalized spacial score (nSPS) is 21.4. The lowest BCUT2D eigenvalue weighted by Crippen LogP contribution is -2.40. The van der Waals surface area contributed by atoms with Crippen molar-refractivity contribution >= 4 is 0 Å². The van der Waals surface area contributed by atoms with Crippen molar-refractivity contribution in [2.24, 2.45) is 5.73 Å². The lowest BCUT2D eigenvalue weighted by molar-refractivity contribution is 0.122. The van der Waals surface area contributed by atoms with E-state index < -0.39 is 0 Å². The molecule has 17 heavy (non-hydrogen) atoms. The van der Waals surface area contributed by atoms with Gasteiger partial charge in [-0.3, -0.25) is 0 Å². The largest absolute Gasteiger partial charge is 0.476 e. The Morgan fingerprint density at radius 3 is 3.18 bits per heavy atom. The SMILES string of the molecule is CN1CCCCC1COc1ncccc1CN. The third-order valence-electron chi connectivity index (χ3n) is 3.40. The zero-order valence-corrected chi connectivity index (χ0v) is 10.4. The molecule has 94 valence electrons. The molecule has 1 aliphatic heterocycles. The van der Waals surface area contributed by atoms with E-state index in [4.69, 9.17) is 10.5 Å². The predicted octanol–water partition coefficient (Wildman–Crippen LogP) is 1.40. The molecule has 0 saturated carbocycles. The van der Waals surface area contributed by atoms with Crippen molar-refractivity contribution in [3.63, 3.8) is 0 Å². The number of aromatic nitrogens is 1. The number of pyridine rings is 1. The van der Waals surface area contributed by atoms with Crippen molar-refractivity contribution in [3.8, 4) is 5.88 Å². The van der Waals surface area contributed by atoms with Gasteiger partial charge in [0.05, 0.1) is 0 Å². The zero-order valence-electron chi connectivity index (χ0n) is 10.4. The van der Waals surface area contributed by atoms with Gasteiger partial charge in [0.15, 0.2) is 0 Å². The molecule has 0 amide bonds. The Bertz CT molecular complexity index is 356. The molecule has 4 heteroatoms. The molecule has 1 aromatic rings. The molecular formula is C13H21N3O. The minimum absolute atomic E-state index is 0.476. The molecule has 0 spiro atoms. The summed E-state index contributed by atoms with van der Waals surface area (Å²) in [5.41, 5.74) is 6.63. The van der Waals surface area contributed by atoms with Crippen LogP contribution in [-0.2, 0) is 6.54 Å². The second-order valence-electron chi connectivity index (χ2n) is 4.61. The maximum atomic E-state index is 5.81. The topological polar surface area (TPSA) is 51.4 Å². The fourth-order valence-electron chi connectivity index (χ4n) is 2.24. The lowest BCUT2D eigenvalue weighted by atomic mass is 10.0. The summed E-state index contributed by atoms with van der Waals surface area (Å²) in [6.45, 7) is 2.35. The van der Waals surface area contributed by atoms with Crippen LogP contribution in [0.5, 0.6) is 5.88 Å². The number of nitrogens with two attached hydrogens (primary N) is 1. The van der Waals surface area contributed by atoms with Gasteiger partial charge in [-0.15, -0.1) is 0 Å². The van der Waals surface area contributed by atoms with Crippen molar-refractivity contribution in [3.05, 3.63) is 23.9 Å². The summed E-state index contributed by atoms with van der Waals surface area (Å²) in [6, 6.07) is 4.37. The van der Waals surface area contributed by atoms with Gasteiger partial charge >= 0.3 is 0 Å². The Labute approximate surface area is 103 Å². The van der Waals surface area contributed by atoms with Crippen LogP contribution in [0.1, 0.15) is 24.8 Å². The maximum Gasteiger partial charge on any atom is 0.217 e. The van der Waals surface area contributed by atoms with Gasteiger partial charge in [-0.25, -0.2) is 4.98 Å². The standard InChI is InChI=1S/C13H21N3O/c1-16-8-3-2-6-12(16)10-17-13-11(9-14)5-4-7-15-13/h4-5,7,12H,2-3,6,8-10,14H2,1H3. The van der Waals surface area contributed by atoms with Crippen molar-refractivity contribution in [2.75, 3.05) is 20.2 Å². The van der Waals surface area contributed by atoms with Gasteiger partial charge in [-0.2, -0.15) is 0 Å². The van der Waals surface area contributed by atoms with Gasteiger partial charge in [0, 0.05) is 24.3 Å². The second-order valence-corrected chi connectivity index (χ2v) is 4.61. The van der Waals surface area contributed by atoms with Crippen LogP contribution in [0.2, 0.25) is 0 Å². The average molecular weight is 235 g/mol. The van der Waals surface area contributed by atoms with Crippen molar-refractivity contribution in [2.45, 2.75) is 31.8 Å². The Hall–Kier alpha value is -1.13. The molecule has 1 aromatic heterocycles. The van der Waals surface area contributed by atoms with Crippen LogP contribution < -0.4 is 10.5 Å². The number of likely N-dealkylation sites (N-methyl/N-ethyl adjacent to an activating group) is 1. The van der Waals surface area contributed by atoms with Crippen molar-refractivity contribution in [1.82, 2.24) is 9.88 Å². The number of ether oxygens (including phenoxy) is 1. The molecule has 0 aromatic carbocycles. The Balaban J connectivity index is 1.92. The molecule has 1 unspecified atom stereocenters. The first kappa shape index (κ1) is 12.3. The summed E-state index contributed by atoms with van der Waals surface area (Å²) in [5, 5.41) is 0. The van der Waals surface area contributed by atoms with Crippen LogP contribution >= 0.6 is 0 Å². The number of piperidine rings is 1. The van der Waals surface area contributed by atoms with E-state index in [0.29, 0.717) is 25.1 Å². The Morgan fingerprint density at radius 1 is 1.53 bits per heavy atom. The first-order valence-electron chi connectivity index (χ1n) is 6.28. The number of nitrogens with zero attached hydrogens (tertiary/aromatic N) is 2. The summed E-state index contributed by atoms with van der Waals surface area (Å²) in [4.78, 5) is 6.61. The van der Waals surface area contributed by atoms with E-state index in [1.54, 1.807) is 6.20 Å². The third kappa shape index (κ3) is 3.17. The number of rotatable bonds is 4. The van der Waals surface area contributed by atoms with E-state index in [1.165, 1.54) is 25.8 Å². The average Bonchev–Trinajstić information content (AvgIpc) is 2.38.